The Morgan fingerprint density at radius 3 is 2.07 bits per heavy atom. The van der Waals surface area contributed by atoms with Crippen LogP contribution in [0.15, 0.2) is 0 Å². The van der Waals surface area contributed by atoms with Gasteiger partial charge in [0.2, 0.25) is 0 Å². The maximum atomic E-state index is 11.1. The fourth-order valence-corrected chi connectivity index (χ4v) is 1.12. The van der Waals surface area contributed by atoms with E-state index in [2.05, 4.69) is 25.6 Å². The van der Waals surface area contributed by atoms with Crippen molar-refractivity contribution in [2.24, 2.45) is 0 Å². The average molecular weight is 207 g/mol. The smallest absolute Gasteiger partial charge is 0.293 e. The zero-order valence-corrected chi connectivity index (χ0v) is 11.1. The van der Waals surface area contributed by atoms with E-state index in [-0.39, 0.29) is 11.4 Å². The predicted molar refractivity (Wildman–Crippen MR) is 74.7 cm³/mol. The molecule has 0 saturated carbocycles. The fraction of sp³-hybridized carbons (Fsp3) is 0.875. The van der Waals surface area contributed by atoms with Gasteiger partial charge >= 0.3 is 0 Å². The first kappa shape index (κ1) is 14.7. The molecule has 82 valence electrons. The molecular formula is C8H21B4NO2. The summed E-state index contributed by atoms with van der Waals surface area (Å²) in [5, 5.41) is 8.44. The van der Waals surface area contributed by atoms with E-state index in [1.54, 1.807) is 15.7 Å². The molecule has 0 aromatic rings. The van der Waals surface area contributed by atoms with Crippen LogP contribution in [-0.4, -0.2) is 59.5 Å². The average Bonchev–Trinajstić information content (AvgIpc) is 2.01. The number of nitrogens with zero attached hydrogens (tertiary/aromatic N) is 1. The van der Waals surface area contributed by atoms with E-state index in [1.165, 1.54) is 0 Å². The van der Waals surface area contributed by atoms with E-state index in [0.717, 1.165) is 6.54 Å². The Morgan fingerprint density at radius 2 is 1.80 bits per heavy atom. The van der Waals surface area contributed by atoms with Gasteiger partial charge in [-0.15, -0.1) is 0 Å². The molecule has 1 unspecified atom stereocenters. The van der Waals surface area contributed by atoms with Crippen LogP contribution < -0.4 is 0 Å². The van der Waals surface area contributed by atoms with Crippen molar-refractivity contribution in [3.05, 3.63) is 0 Å². The molecule has 0 aromatic carbocycles. The molecule has 0 aliphatic carbocycles. The molecule has 3 nitrogen and oxygen atoms in total. The third-order valence-corrected chi connectivity index (χ3v) is 3.48. The quantitative estimate of drug-likeness (QED) is 0.518. The zero-order chi connectivity index (χ0) is 12.4. The van der Waals surface area contributed by atoms with E-state index in [9.17, 15) is 4.79 Å². The van der Waals surface area contributed by atoms with E-state index in [0.29, 0.717) is 0 Å². The molecule has 0 radical (unpaired) electrons. The molecular weight excluding hydrogens is 185 g/mol. The molecule has 0 amide bonds. The summed E-state index contributed by atoms with van der Waals surface area (Å²) < 4.78 is 0. The van der Waals surface area contributed by atoms with Crippen molar-refractivity contribution in [3.8, 4) is 0 Å². The van der Waals surface area contributed by atoms with Crippen LogP contribution in [0.1, 0.15) is 20.8 Å². The molecule has 0 aliphatic rings. The van der Waals surface area contributed by atoms with Crippen LogP contribution in [0.25, 0.3) is 0 Å². The highest BCUT2D eigenvalue weighted by Gasteiger charge is 2.34. The standard InChI is InChI=1S/C8H21B4NO2/c1-7(2,3)13(12)4-5(9)8(10,11)6(14)15/h5H,4,9-12H2,1-3H3,(H,14,15). The highest BCUT2D eigenvalue weighted by Crippen LogP contribution is 2.32. The lowest BCUT2D eigenvalue weighted by Crippen LogP contribution is -2.44. The number of carboxylic acid groups (broad SMARTS) is 1. The first-order chi connectivity index (χ1) is 6.49. The van der Waals surface area contributed by atoms with E-state index >= 15 is 0 Å². The summed E-state index contributed by atoms with van der Waals surface area (Å²) in [6, 6.07) is 0. The molecule has 0 spiro atoms. The second-order valence-electron chi connectivity index (χ2n) is 5.98. The largest absolute Gasteiger partial charge is 0.482 e. The van der Waals surface area contributed by atoms with E-state index < -0.39 is 11.2 Å². The molecule has 0 aliphatic heterocycles. The third-order valence-electron chi connectivity index (χ3n) is 3.48. The van der Waals surface area contributed by atoms with Crippen LogP contribution in [0.4, 0.5) is 0 Å². The number of hydrogen-bond donors (Lipinski definition) is 1. The van der Waals surface area contributed by atoms with E-state index in [1.807, 2.05) is 15.8 Å². The van der Waals surface area contributed by atoms with Crippen molar-refractivity contribution >= 4 is 37.5 Å². The number of rotatable bonds is 4. The number of aliphatic carboxylic acids is 1. The second kappa shape index (κ2) is 4.69. The molecule has 0 aromatic heterocycles. The van der Waals surface area contributed by atoms with Gasteiger partial charge in [-0.25, -0.2) is 0 Å². The van der Waals surface area contributed by atoms with Gasteiger partial charge < -0.3 is 9.92 Å². The Hall–Kier alpha value is -0.310. The number of hydrogen-bond acceptors (Lipinski definition) is 2. The van der Waals surface area contributed by atoms with Gasteiger partial charge in [0, 0.05) is 10.8 Å². The van der Waals surface area contributed by atoms with Crippen molar-refractivity contribution in [1.82, 2.24) is 4.81 Å². The molecule has 15 heavy (non-hydrogen) atoms. The molecule has 0 fully saturated rings. The second-order valence-corrected chi connectivity index (χ2v) is 5.98. The van der Waals surface area contributed by atoms with Crippen LogP contribution in [-0.2, 0) is 4.79 Å². The molecule has 1 N–H and O–H groups in total. The maximum Gasteiger partial charge on any atom is 0.293 e. The zero-order valence-electron chi connectivity index (χ0n) is 11.1. The van der Waals surface area contributed by atoms with Crippen LogP contribution in [0.5, 0.6) is 0 Å². The molecule has 0 rings (SSSR count). The van der Waals surface area contributed by atoms with Crippen LogP contribution >= 0.6 is 0 Å². The fourth-order valence-electron chi connectivity index (χ4n) is 1.12. The van der Waals surface area contributed by atoms with Gasteiger partial charge in [-0.1, -0.05) is 5.82 Å². The van der Waals surface area contributed by atoms with Gasteiger partial charge in [0.05, 0.1) is 0 Å². The Kier molecular flexibility index (Phi) is 4.59. The first-order valence-corrected chi connectivity index (χ1v) is 5.44. The minimum absolute atomic E-state index is 0.0862. The highest BCUT2D eigenvalue weighted by molar-refractivity contribution is 6.53. The topological polar surface area (TPSA) is 40.5 Å². The van der Waals surface area contributed by atoms with Crippen LogP contribution in [0, 0.1) is 0 Å². The maximum absolute atomic E-state index is 11.1. The summed E-state index contributed by atoms with van der Waals surface area (Å²) in [5.74, 6) is -0.600. The Morgan fingerprint density at radius 1 is 1.40 bits per heavy atom. The van der Waals surface area contributed by atoms with Crippen molar-refractivity contribution in [1.29, 1.82) is 0 Å². The first-order valence-electron chi connectivity index (χ1n) is 5.44. The Bertz CT molecular complexity index is 239. The minimum Gasteiger partial charge on any atom is -0.482 e. The Labute approximate surface area is 96.6 Å². The lowest BCUT2D eigenvalue weighted by molar-refractivity contribution is -0.138. The number of carboxylic acids is 1. The van der Waals surface area contributed by atoms with Gasteiger partial charge in [0.25, 0.3) is 5.97 Å². The van der Waals surface area contributed by atoms with Gasteiger partial charge in [-0.3, -0.25) is 4.79 Å². The van der Waals surface area contributed by atoms with Crippen molar-refractivity contribution in [3.63, 3.8) is 0 Å². The lowest BCUT2D eigenvalue weighted by Gasteiger charge is -2.38. The Balaban J connectivity index is 4.50. The van der Waals surface area contributed by atoms with Gasteiger partial charge in [-0.2, -0.15) is 0 Å². The molecule has 0 bridgehead atoms. The molecule has 0 saturated heterocycles. The summed E-state index contributed by atoms with van der Waals surface area (Å²) in [6.45, 7) is 7.19. The van der Waals surface area contributed by atoms with Crippen LogP contribution in [0.3, 0.4) is 0 Å². The lowest BCUT2D eigenvalue weighted by atomic mass is 9.43. The minimum atomic E-state index is -0.725. The normalized spacial score (nSPS) is 15.2. The van der Waals surface area contributed by atoms with Crippen molar-refractivity contribution < 1.29 is 9.90 Å². The summed E-state index contributed by atoms with van der Waals surface area (Å²) >= 11 is 0. The van der Waals surface area contributed by atoms with Gasteiger partial charge in [0.1, 0.15) is 23.5 Å². The third kappa shape index (κ3) is 3.98. The monoisotopic (exact) mass is 207 g/mol. The summed E-state index contributed by atoms with van der Waals surface area (Å²) in [6.07, 6.45) is 0. The van der Waals surface area contributed by atoms with Crippen LogP contribution in [0.2, 0.25) is 11.0 Å². The summed E-state index contributed by atoms with van der Waals surface area (Å²) in [7, 11) is 7.61. The highest BCUT2D eigenvalue weighted by atomic mass is 16.4. The summed E-state index contributed by atoms with van der Waals surface area (Å²) in [5.41, 5.74) is 0.0862. The SMILES string of the molecule is BC(CN(B)C(C)(C)C)C(B)(B)C(=O)O. The van der Waals surface area contributed by atoms with Gasteiger partial charge in [0.15, 0.2) is 7.98 Å². The number of carbonyl (C=O) groups is 1. The molecule has 1 atom stereocenters. The van der Waals surface area contributed by atoms with E-state index in [4.69, 9.17) is 5.11 Å². The molecule has 7 heteroatoms. The van der Waals surface area contributed by atoms with Gasteiger partial charge in [-0.05, 0) is 27.3 Å². The van der Waals surface area contributed by atoms with Crippen molar-refractivity contribution in [2.75, 3.05) is 6.54 Å². The predicted octanol–water partition coefficient (Wildman–Crippen LogP) is -2.48. The van der Waals surface area contributed by atoms with Crippen molar-refractivity contribution in [2.45, 2.75) is 37.3 Å². The summed E-state index contributed by atoms with van der Waals surface area (Å²) in [4.78, 5) is 13.3. The molecule has 0 heterocycles.